The predicted molar refractivity (Wildman–Crippen MR) is 84.2 cm³/mol. The van der Waals surface area contributed by atoms with Crippen molar-refractivity contribution in [3.05, 3.63) is 59.9 Å². The third-order valence-electron chi connectivity index (χ3n) is 3.45. The van der Waals surface area contributed by atoms with Crippen molar-refractivity contribution in [2.75, 3.05) is 10.6 Å². The number of benzene rings is 2. The molecule has 21 heavy (non-hydrogen) atoms. The van der Waals surface area contributed by atoms with Crippen LogP contribution in [0.5, 0.6) is 0 Å². The molecule has 0 aliphatic carbocycles. The van der Waals surface area contributed by atoms with Crippen LogP contribution in [-0.4, -0.2) is 6.03 Å². The summed E-state index contributed by atoms with van der Waals surface area (Å²) in [4.78, 5) is 12.0. The van der Waals surface area contributed by atoms with Gasteiger partial charge in [-0.2, -0.15) is 0 Å². The first kappa shape index (κ1) is 15.0. The van der Waals surface area contributed by atoms with Crippen molar-refractivity contribution in [3.63, 3.8) is 0 Å². The first-order valence-corrected chi connectivity index (χ1v) is 7.02. The van der Waals surface area contributed by atoms with E-state index in [2.05, 4.69) is 24.5 Å². The number of urea groups is 1. The minimum absolute atomic E-state index is 0.330. The summed E-state index contributed by atoms with van der Waals surface area (Å²) in [6, 6.07) is 13.1. The van der Waals surface area contributed by atoms with E-state index in [4.69, 9.17) is 0 Å². The Kier molecular flexibility index (Phi) is 4.93. The van der Waals surface area contributed by atoms with Crippen LogP contribution < -0.4 is 10.6 Å². The number of hydrogen-bond donors (Lipinski definition) is 2. The SMILES string of the molecule is CCC(C)c1ccccc1NC(=O)Nc1ccc(F)cc1. The van der Waals surface area contributed by atoms with Gasteiger partial charge in [0.2, 0.25) is 0 Å². The van der Waals surface area contributed by atoms with Gasteiger partial charge in [0.1, 0.15) is 5.82 Å². The second kappa shape index (κ2) is 6.88. The van der Waals surface area contributed by atoms with Crippen molar-refractivity contribution in [1.82, 2.24) is 0 Å². The standard InChI is InChI=1S/C17H19FN2O/c1-3-12(2)15-6-4-5-7-16(15)20-17(21)19-14-10-8-13(18)9-11-14/h4-12H,3H2,1-2H3,(H2,19,20,21). The molecule has 0 radical (unpaired) electrons. The number of carbonyl (C=O) groups is 1. The van der Waals surface area contributed by atoms with Crippen molar-refractivity contribution in [1.29, 1.82) is 0 Å². The van der Waals surface area contributed by atoms with Gasteiger partial charge < -0.3 is 10.6 Å². The van der Waals surface area contributed by atoms with Crippen molar-refractivity contribution in [3.8, 4) is 0 Å². The average Bonchev–Trinajstić information content (AvgIpc) is 2.49. The summed E-state index contributed by atoms with van der Waals surface area (Å²) < 4.78 is 12.8. The monoisotopic (exact) mass is 286 g/mol. The molecular formula is C17H19FN2O. The molecule has 0 aliphatic rings. The molecule has 2 N–H and O–H groups in total. The fourth-order valence-electron chi connectivity index (χ4n) is 2.08. The molecule has 0 saturated heterocycles. The van der Waals surface area contributed by atoms with Crippen LogP contribution in [0, 0.1) is 5.82 Å². The van der Waals surface area contributed by atoms with Crippen molar-refractivity contribution < 1.29 is 9.18 Å². The van der Waals surface area contributed by atoms with Crippen LogP contribution in [0.4, 0.5) is 20.6 Å². The van der Waals surface area contributed by atoms with E-state index in [9.17, 15) is 9.18 Å². The molecule has 3 nitrogen and oxygen atoms in total. The maximum atomic E-state index is 12.8. The van der Waals surface area contributed by atoms with Gasteiger partial charge in [-0.3, -0.25) is 0 Å². The molecule has 0 aliphatic heterocycles. The molecule has 2 aromatic carbocycles. The van der Waals surface area contributed by atoms with Crippen LogP contribution in [0.25, 0.3) is 0 Å². The van der Waals surface area contributed by atoms with Gasteiger partial charge in [-0.05, 0) is 48.2 Å². The number of amides is 2. The zero-order valence-corrected chi connectivity index (χ0v) is 12.2. The number of anilines is 2. The summed E-state index contributed by atoms with van der Waals surface area (Å²) >= 11 is 0. The summed E-state index contributed by atoms with van der Waals surface area (Å²) in [5, 5.41) is 5.53. The average molecular weight is 286 g/mol. The van der Waals surface area contributed by atoms with Crippen LogP contribution >= 0.6 is 0 Å². The van der Waals surface area contributed by atoms with Gasteiger partial charge in [0, 0.05) is 11.4 Å². The third-order valence-corrected chi connectivity index (χ3v) is 3.45. The number of carbonyl (C=O) groups excluding carboxylic acids is 1. The molecule has 0 spiro atoms. The molecular weight excluding hydrogens is 267 g/mol. The van der Waals surface area contributed by atoms with Gasteiger partial charge in [-0.15, -0.1) is 0 Å². The smallest absolute Gasteiger partial charge is 0.308 e. The van der Waals surface area contributed by atoms with Crippen molar-refractivity contribution >= 4 is 17.4 Å². The highest BCUT2D eigenvalue weighted by atomic mass is 19.1. The normalized spacial score (nSPS) is 11.8. The minimum atomic E-state index is -0.336. The van der Waals surface area contributed by atoms with Crippen molar-refractivity contribution in [2.24, 2.45) is 0 Å². The Labute approximate surface area is 124 Å². The van der Waals surface area contributed by atoms with E-state index in [0.29, 0.717) is 11.6 Å². The number of nitrogens with one attached hydrogen (secondary N) is 2. The van der Waals surface area contributed by atoms with E-state index in [-0.39, 0.29) is 11.8 Å². The molecule has 1 atom stereocenters. The van der Waals surface area contributed by atoms with E-state index in [0.717, 1.165) is 17.7 Å². The zero-order valence-electron chi connectivity index (χ0n) is 12.2. The topological polar surface area (TPSA) is 41.1 Å². The molecule has 4 heteroatoms. The lowest BCUT2D eigenvalue weighted by Crippen LogP contribution is -2.20. The highest BCUT2D eigenvalue weighted by molar-refractivity contribution is 6.00. The van der Waals surface area contributed by atoms with Gasteiger partial charge >= 0.3 is 6.03 Å². The summed E-state index contributed by atoms with van der Waals surface area (Å²) in [7, 11) is 0. The highest BCUT2D eigenvalue weighted by Gasteiger charge is 2.10. The molecule has 1 unspecified atom stereocenters. The lowest BCUT2D eigenvalue weighted by atomic mass is 9.97. The largest absolute Gasteiger partial charge is 0.323 e. The van der Waals surface area contributed by atoms with Crippen LogP contribution in [0.15, 0.2) is 48.5 Å². The molecule has 110 valence electrons. The Morgan fingerprint density at radius 1 is 1.10 bits per heavy atom. The zero-order chi connectivity index (χ0) is 15.2. The van der Waals surface area contributed by atoms with Crippen LogP contribution in [0.1, 0.15) is 31.7 Å². The molecule has 2 rings (SSSR count). The van der Waals surface area contributed by atoms with E-state index in [1.807, 2.05) is 24.3 Å². The van der Waals surface area contributed by atoms with Crippen LogP contribution in [0.3, 0.4) is 0 Å². The van der Waals surface area contributed by atoms with E-state index in [1.165, 1.54) is 24.3 Å². The maximum Gasteiger partial charge on any atom is 0.323 e. The van der Waals surface area contributed by atoms with Gasteiger partial charge in [-0.1, -0.05) is 32.0 Å². The molecule has 0 saturated carbocycles. The number of hydrogen-bond acceptors (Lipinski definition) is 1. The minimum Gasteiger partial charge on any atom is -0.308 e. The second-order valence-corrected chi connectivity index (χ2v) is 4.98. The first-order chi connectivity index (χ1) is 10.1. The number of para-hydroxylation sites is 1. The van der Waals surface area contributed by atoms with E-state index >= 15 is 0 Å². The highest BCUT2D eigenvalue weighted by Crippen LogP contribution is 2.26. The van der Waals surface area contributed by atoms with Gasteiger partial charge in [0.25, 0.3) is 0 Å². The summed E-state index contributed by atoms with van der Waals surface area (Å²) in [5.41, 5.74) is 2.45. The number of halogens is 1. The molecule has 0 heterocycles. The molecule has 0 aromatic heterocycles. The fourth-order valence-corrected chi connectivity index (χ4v) is 2.08. The Morgan fingerprint density at radius 2 is 1.76 bits per heavy atom. The van der Waals surface area contributed by atoms with Crippen LogP contribution in [0.2, 0.25) is 0 Å². The van der Waals surface area contributed by atoms with Crippen LogP contribution in [-0.2, 0) is 0 Å². The molecule has 2 amide bonds. The quantitative estimate of drug-likeness (QED) is 0.817. The predicted octanol–water partition coefficient (Wildman–Crippen LogP) is 4.98. The third kappa shape index (κ3) is 4.05. The Morgan fingerprint density at radius 3 is 2.43 bits per heavy atom. The first-order valence-electron chi connectivity index (χ1n) is 7.02. The molecule has 0 bridgehead atoms. The summed E-state index contributed by atoms with van der Waals surface area (Å²) in [6.45, 7) is 4.23. The van der Waals surface area contributed by atoms with Gasteiger partial charge in [-0.25, -0.2) is 9.18 Å². The molecule has 0 fully saturated rings. The van der Waals surface area contributed by atoms with Crippen molar-refractivity contribution in [2.45, 2.75) is 26.2 Å². The van der Waals surface area contributed by atoms with E-state index in [1.54, 1.807) is 0 Å². The molecule has 2 aromatic rings. The van der Waals surface area contributed by atoms with Gasteiger partial charge in [0.05, 0.1) is 0 Å². The maximum absolute atomic E-state index is 12.8. The lowest BCUT2D eigenvalue weighted by Gasteiger charge is -2.16. The summed E-state index contributed by atoms with van der Waals surface area (Å²) in [6.07, 6.45) is 0.998. The fraction of sp³-hybridized carbons (Fsp3) is 0.235. The summed E-state index contributed by atoms with van der Waals surface area (Å²) in [5.74, 6) is 0.0374. The Balaban J connectivity index is 2.07. The second-order valence-electron chi connectivity index (χ2n) is 4.98. The lowest BCUT2D eigenvalue weighted by molar-refractivity contribution is 0.262. The Hall–Kier alpha value is -2.36. The van der Waals surface area contributed by atoms with Gasteiger partial charge in [0.15, 0.2) is 0 Å². The Bertz CT molecular complexity index is 610. The number of rotatable bonds is 4. The van der Waals surface area contributed by atoms with E-state index < -0.39 is 0 Å².